The lowest BCUT2D eigenvalue weighted by Gasteiger charge is -2.32. The summed E-state index contributed by atoms with van der Waals surface area (Å²) in [5.74, 6) is 1.01. The maximum atomic E-state index is 12.2. The molecule has 3 atom stereocenters. The molecule has 21 heavy (non-hydrogen) atoms. The Kier molecular flexibility index (Phi) is 4.88. The van der Waals surface area contributed by atoms with Gasteiger partial charge in [-0.3, -0.25) is 4.79 Å². The fraction of sp³-hybridized carbons (Fsp3) is 0.588. The van der Waals surface area contributed by atoms with Gasteiger partial charge in [-0.25, -0.2) is 0 Å². The van der Waals surface area contributed by atoms with Crippen LogP contribution in [-0.4, -0.2) is 29.0 Å². The molecule has 0 saturated carbocycles. The number of nitrogens with two attached hydrogens (primary N) is 1. The van der Waals surface area contributed by atoms with Gasteiger partial charge in [-0.1, -0.05) is 19.1 Å². The zero-order valence-corrected chi connectivity index (χ0v) is 13.4. The number of likely N-dealkylation sites (tertiary alicyclic amines) is 1. The van der Waals surface area contributed by atoms with Gasteiger partial charge in [0.2, 0.25) is 5.91 Å². The fourth-order valence-electron chi connectivity index (χ4n) is 2.92. The zero-order valence-electron chi connectivity index (χ0n) is 13.4. The number of carbonyl (C=O) groups excluding carboxylic acids is 1. The third-order valence-corrected chi connectivity index (χ3v) is 4.06. The van der Waals surface area contributed by atoms with E-state index in [1.807, 2.05) is 43.0 Å². The molecule has 3 unspecified atom stereocenters. The van der Waals surface area contributed by atoms with Gasteiger partial charge in [0, 0.05) is 18.5 Å². The topological polar surface area (TPSA) is 55.6 Å². The second kappa shape index (κ2) is 6.48. The Labute approximate surface area is 127 Å². The first kappa shape index (κ1) is 15.8. The number of benzene rings is 1. The van der Waals surface area contributed by atoms with Crippen molar-refractivity contribution < 1.29 is 9.53 Å². The van der Waals surface area contributed by atoms with Crippen molar-refractivity contribution in [3.63, 3.8) is 0 Å². The van der Waals surface area contributed by atoms with Gasteiger partial charge in [-0.05, 0) is 44.9 Å². The van der Waals surface area contributed by atoms with E-state index in [9.17, 15) is 4.79 Å². The van der Waals surface area contributed by atoms with Crippen molar-refractivity contribution in [3.8, 4) is 5.75 Å². The summed E-state index contributed by atoms with van der Waals surface area (Å²) in [6.45, 7) is 8.19. The lowest BCUT2D eigenvalue weighted by atomic mass is 9.99. The smallest absolute Gasteiger partial charge is 0.225 e. The highest BCUT2D eigenvalue weighted by atomic mass is 16.5. The molecule has 4 nitrogen and oxygen atoms in total. The van der Waals surface area contributed by atoms with Gasteiger partial charge < -0.3 is 15.4 Å². The molecule has 0 bridgehead atoms. The molecule has 1 aliphatic heterocycles. The molecule has 4 heteroatoms. The number of hydrogen-bond acceptors (Lipinski definition) is 3. The summed E-state index contributed by atoms with van der Waals surface area (Å²) in [4.78, 5) is 14.1. The van der Waals surface area contributed by atoms with E-state index in [1.165, 1.54) is 0 Å². The summed E-state index contributed by atoms with van der Waals surface area (Å²) in [6, 6.07) is 8.01. The number of nitrogens with zero attached hydrogens (tertiary/aromatic N) is 1. The van der Waals surface area contributed by atoms with Crippen LogP contribution in [0.15, 0.2) is 24.3 Å². The first-order valence-corrected chi connectivity index (χ1v) is 7.77. The Hall–Kier alpha value is -1.55. The van der Waals surface area contributed by atoms with Gasteiger partial charge >= 0.3 is 0 Å². The number of hydrogen-bond donors (Lipinski definition) is 1. The normalized spacial score (nSPS) is 23.7. The number of amides is 1. The third-order valence-electron chi connectivity index (χ3n) is 4.06. The van der Waals surface area contributed by atoms with E-state index in [-0.39, 0.29) is 30.1 Å². The highest BCUT2D eigenvalue weighted by Gasteiger charge is 2.40. The molecule has 1 aliphatic rings. The Morgan fingerprint density at radius 3 is 2.43 bits per heavy atom. The van der Waals surface area contributed by atoms with Gasteiger partial charge in [-0.15, -0.1) is 0 Å². The van der Waals surface area contributed by atoms with E-state index in [2.05, 4.69) is 13.8 Å². The predicted molar refractivity (Wildman–Crippen MR) is 84.1 cm³/mol. The summed E-state index contributed by atoms with van der Waals surface area (Å²) < 4.78 is 5.66. The Balaban J connectivity index is 2.23. The van der Waals surface area contributed by atoms with E-state index in [1.54, 1.807) is 0 Å². The van der Waals surface area contributed by atoms with Crippen molar-refractivity contribution in [3.05, 3.63) is 29.8 Å². The second-order valence-corrected chi connectivity index (χ2v) is 6.11. The standard InChI is InChI=1S/C17H26N2O2/c1-5-12(4)19-16(20)10-15(18)17(19)13-6-8-14(9-7-13)21-11(2)3/h6-9,11-12,15,17H,5,10,18H2,1-4H3. The van der Waals surface area contributed by atoms with Crippen LogP contribution >= 0.6 is 0 Å². The Bertz CT molecular complexity index is 484. The molecule has 1 aromatic carbocycles. The average molecular weight is 290 g/mol. The first-order valence-electron chi connectivity index (χ1n) is 7.77. The van der Waals surface area contributed by atoms with Crippen LogP contribution in [0.25, 0.3) is 0 Å². The molecule has 2 rings (SSSR count). The third kappa shape index (κ3) is 3.38. The molecule has 0 spiro atoms. The summed E-state index contributed by atoms with van der Waals surface area (Å²) in [7, 11) is 0. The molecule has 1 aromatic rings. The molecule has 0 radical (unpaired) electrons. The summed E-state index contributed by atoms with van der Waals surface area (Å²) in [6.07, 6.45) is 1.52. The van der Waals surface area contributed by atoms with Crippen molar-refractivity contribution in [2.24, 2.45) is 5.73 Å². The SMILES string of the molecule is CCC(C)N1C(=O)CC(N)C1c1ccc(OC(C)C)cc1. The maximum absolute atomic E-state index is 12.2. The van der Waals surface area contributed by atoms with E-state index in [0.717, 1.165) is 17.7 Å². The van der Waals surface area contributed by atoms with Crippen LogP contribution in [0.2, 0.25) is 0 Å². The summed E-state index contributed by atoms with van der Waals surface area (Å²) in [5, 5.41) is 0. The largest absolute Gasteiger partial charge is 0.491 e. The van der Waals surface area contributed by atoms with Gasteiger partial charge in [0.05, 0.1) is 12.1 Å². The van der Waals surface area contributed by atoms with E-state index in [0.29, 0.717) is 6.42 Å². The van der Waals surface area contributed by atoms with Gasteiger partial charge in [-0.2, -0.15) is 0 Å². The van der Waals surface area contributed by atoms with Crippen LogP contribution < -0.4 is 10.5 Å². The molecule has 0 aliphatic carbocycles. The Morgan fingerprint density at radius 2 is 1.90 bits per heavy atom. The van der Waals surface area contributed by atoms with Crippen LogP contribution in [-0.2, 0) is 4.79 Å². The van der Waals surface area contributed by atoms with Crippen molar-refractivity contribution >= 4 is 5.91 Å². The first-order chi connectivity index (χ1) is 9.93. The predicted octanol–water partition coefficient (Wildman–Crippen LogP) is 2.87. The van der Waals surface area contributed by atoms with Crippen LogP contribution in [0, 0.1) is 0 Å². The molecular formula is C17H26N2O2. The minimum atomic E-state index is -0.136. The van der Waals surface area contributed by atoms with Gasteiger partial charge in [0.25, 0.3) is 0 Å². The van der Waals surface area contributed by atoms with E-state index < -0.39 is 0 Å². The van der Waals surface area contributed by atoms with E-state index >= 15 is 0 Å². The minimum Gasteiger partial charge on any atom is -0.491 e. The van der Waals surface area contributed by atoms with Crippen molar-refractivity contribution in [2.75, 3.05) is 0 Å². The molecule has 1 fully saturated rings. The van der Waals surface area contributed by atoms with Gasteiger partial charge in [0.15, 0.2) is 0 Å². The Morgan fingerprint density at radius 1 is 1.29 bits per heavy atom. The van der Waals surface area contributed by atoms with Crippen molar-refractivity contribution in [2.45, 2.75) is 64.8 Å². The number of rotatable bonds is 5. The van der Waals surface area contributed by atoms with Gasteiger partial charge in [0.1, 0.15) is 5.75 Å². The molecule has 2 N–H and O–H groups in total. The van der Waals surface area contributed by atoms with E-state index in [4.69, 9.17) is 10.5 Å². The maximum Gasteiger partial charge on any atom is 0.225 e. The molecule has 1 saturated heterocycles. The van der Waals surface area contributed by atoms with Crippen LogP contribution in [0.1, 0.15) is 52.1 Å². The van der Waals surface area contributed by atoms with Crippen molar-refractivity contribution in [1.29, 1.82) is 0 Å². The summed E-state index contributed by atoms with van der Waals surface area (Å²) >= 11 is 0. The highest BCUT2D eigenvalue weighted by Crippen LogP contribution is 2.35. The zero-order chi connectivity index (χ0) is 15.6. The molecule has 1 heterocycles. The molecule has 1 amide bonds. The fourth-order valence-corrected chi connectivity index (χ4v) is 2.92. The second-order valence-electron chi connectivity index (χ2n) is 6.11. The number of carbonyl (C=O) groups is 1. The highest BCUT2D eigenvalue weighted by molar-refractivity contribution is 5.80. The van der Waals surface area contributed by atoms with Crippen molar-refractivity contribution in [1.82, 2.24) is 4.90 Å². The van der Waals surface area contributed by atoms with Crippen LogP contribution in [0.4, 0.5) is 0 Å². The monoisotopic (exact) mass is 290 g/mol. The molecule has 116 valence electrons. The van der Waals surface area contributed by atoms with Crippen LogP contribution in [0.3, 0.4) is 0 Å². The number of ether oxygens (including phenoxy) is 1. The lowest BCUT2D eigenvalue weighted by molar-refractivity contribution is -0.131. The molecule has 0 aromatic heterocycles. The quantitative estimate of drug-likeness (QED) is 0.907. The average Bonchev–Trinajstić information content (AvgIpc) is 2.73. The molecular weight excluding hydrogens is 264 g/mol. The lowest BCUT2D eigenvalue weighted by Crippen LogP contribution is -2.38. The summed E-state index contributed by atoms with van der Waals surface area (Å²) in [5.41, 5.74) is 7.30. The van der Waals surface area contributed by atoms with Crippen LogP contribution in [0.5, 0.6) is 5.75 Å². The minimum absolute atomic E-state index is 0.0273.